The van der Waals surface area contributed by atoms with Gasteiger partial charge >= 0.3 is 0 Å². The van der Waals surface area contributed by atoms with Gasteiger partial charge in [0.1, 0.15) is 5.76 Å². The number of aryl methyl sites for hydroxylation is 1. The van der Waals surface area contributed by atoms with Crippen LogP contribution in [0.1, 0.15) is 23.2 Å². The minimum atomic E-state index is -0.204. The summed E-state index contributed by atoms with van der Waals surface area (Å²) in [6, 6.07) is 3.47. The molecule has 1 rings (SSSR count). The van der Waals surface area contributed by atoms with Crippen molar-refractivity contribution in [2.75, 3.05) is 13.1 Å². The van der Waals surface area contributed by atoms with Gasteiger partial charge < -0.3 is 15.5 Å². The molecule has 0 fully saturated rings. The minimum Gasteiger partial charge on any atom is -0.456 e. The molecule has 1 aromatic rings. The summed E-state index contributed by atoms with van der Waals surface area (Å²) in [5.41, 5.74) is 5.24. The molecule has 1 amide bonds. The van der Waals surface area contributed by atoms with Crippen LogP contribution in [0, 0.1) is 0 Å². The Bertz CT molecular complexity index is 281. The fourth-order valence-corrected chi connectivity index (χ4v) is 0.963. The average Bonchev–Trinajstić information content (AvgIpc) is 2.62. The smallest absolute Gasteiger partial charge is 0.287 e. The highest BCUT2D eigenvalue weighted by Crippen LogP contribution is 2.07. The molecule has 0 unspecified atom stereocenters. The lowest BCUT2D eigenvalue weighted by Crippen LogP contribution is -2.28. The molecule has 0 bridgehead atoms. The van der Waals surface area contributed by atoms with Crippen molar-refractivity contribution in [3.05, 3.63) is 23.7 Å². The van der Waals surface area contributed by atoms with E-state index in [1.165, 1.54) is 0 Å². The van der Waals surface area contributed by atoms with Gasteiger partial charge in [0.25, 0.3) is 5.91 Å². The maximum absolute atomic E-state index is 11.3. The second kappa shape index (κ2) is 4.67. The molecule has 0 saturated heterocycles. The maximum atomic E-state index is 11.3. The van der Waals surface area contributed by atoms with Crippen LogP contribution in [0.5, 0.6) is 0 Å². The zero-order valence-electron chi connectivity index (χ0n) is 7.67. The van der Waals surface area contributed by atoms with Crippen LogP contribution in [0.2, 0.25) is 0 Å². The second-order valence-electron chi connectivity index (χ2n) is 2.66. The molecule has 0 radical (unpaired) electrons. The number of nitrogens with two attached hydrogens (primary N) is 1. The summed E-state index contributed by atoms with van der Waals surface area (Å²) in [4.78, 5) is 11.3. The molecular weight excluding hydrogens is 168 g/mol. The SMILES string of the molecule is CCc1ccc(C(=O)NCCN)o1. The predicted molar refractivity (Wildman–Crippen MR) is 49.5 cm³/mol. The van der Waals surface area contributed by atoms with Crippen molar-refractivity contribution in [1.29, 1.82) is 0 Å². The van der Waals surface area contributed by atoms with Crippen molar-refractivity contribution < 1.29 is 9.21 Å². The highest BCUT2D eigenvalue weighted by atomic mass is 16.3. The minimum absolute atomic E-state index is 0.204. The van der Waals surface area contributed by atoms with Gasteiger partial charge in [-0.15, -0.1) is 0 Å². The third-order valence-electron chi connectivity index (χ3n) is 1.66. The topological polar surface area (TPSA) is 68.3 Å². The van der Waals surface area contributed by atoms with E-state index in [0.29, 0.717) is 18.8 Å². The van der Waals surface area contributed by atoms with Crippen LogP contribution in [0.3, 0.4) is 0 Å². The van der Waals surface area contributed by atoms with Crippen molar-refractivity contribution in [3.8, 4) is 0 Å². The Morgan fingerprint density at radius 1 is 1.62 bits per heavy atom. The molecule has 0 aromatic carbocycles. The van der Waals surface area contributed by atoms with Gasteiger partial charge in [0.05, 0.1) is 0 Å². The van der Waals surface area contributed by atoms with E-state index in [2.05, 4.69) is 5.32 Å². The quantitative estimate of drug-likeness (QED) is 0.713. The van der Waals surface area contributed by atoms with Gasteiger partial charge in [-0.25, -0.2) is 0 Å². The normalized spacial score (nSPS) is 10.0. The third kappa shape index (κ3) is 2.59. The van der Waals surface area contributed by atoms with E-state index in [1.807, 2.05) is 6.92 Å². The summed E-state index contributed by atoms with van der Waals surface area (Å²) < 4.78 is 5.24. The summed E-state index contributed by atoms with van der Waals surface area (Å²) in [5.74, 6) is 0.966. The zero-order chi connectivity index (χ0) is 9.68. The molecule has 13 heavy (non-hydrogen) atoms. The number of amides is 1. The first-order valence-corrected chi connectivity index (χ1v) is 4.35. The lowest BCUT2D eigenvalue weighted by Gasteiger charge is -1.98. The van der Waals surface area contributed by atoms with Gasteiger partial charge in [-0.05, 0) is 12.1 Å². The van der Waals surface area contributed by atoms with Gasteiger partial charge in [0, 0.05) is 19.5 Å². The Hall–Kier alpha value is -1.29. The Morgan fingerprint density at radius 2 is 2.38 bits per heavy atom. The summed E-state index contributed by atoms with van der Waals surface area (Å²) in [7, 11) is 0. The second-order valence-corrected chi connectivity index (χ2v) is 2.66. The fraction of sp³-hybridized carbons (Fsp3) is 0.444. The molecule has 72 valence electrons. The molecule has 0 saturated carbocycles. The lowest BCUT2D eigenvalue weighted by atomic mass is 10.3. The highest BCUT2D eigenvalue weighted by Gasteiger charge is 2.08. The van der Waals surface area contributed by atoms with Gasteiger partial charge in [0.2, 0.25) is 0 Å². The number of hydrogen-bond donors (Lipinski definition) is 2. The number of carbonyl (C=O) groups excluding carboxylic acids is 1. The van der Waals surface area contributed by atoms with Crippen LogP contribution < -0.4 is 11.1 Å². The Balaban J connectivity index is 2.55. The summed E-state index contributed by atoms with van der Waals surface area (Å²) in [6.45, 7) is 2.88. The largest absolute Gasteiger partial charge is 0.456 e. The lowest BCUT2D eigenvalue weighted by molar-refractivity contribution is 0.0925. The number of rotatable bonds is 4. The molecule has 1 aromatic heterocycles. The monoisotopic (exact) mass is 182 g/mol. The Kier molecular flexibility index (Phi) is 3.52. The molecule has 0 atom stereocenters. The summed E-state index contributed by atoms with van der Waals surface area (Å²) in [6.07, 6.45) is 0.796. The van der Waals surface area contributed by atoms with Crippen LogP contribution in [-0.4, -0.2) is 19.0 Å². The van der Waals surface area contributed by atoms with Crippen LogP contribution in [0.4, 0.5) is 0 Å². The van der Waals surface area contributed by atoms with E-state index in [4.69, 9.17) is 10.2 Å². The van der Waals surface area contributed by atoms with Crippen LogP contribution >= 0.6 is 0 Å². The molecule has 0 aliphatic carbocycles. The zero-order valence-corrected chi connectivity index (χ0v) is 7.67. The first-order chi connectivity index (χ1) is 6.27. The molecule has 4 heteroatoms. The van der Waals surface area contributed by atoms with E-state index in [0.717, 1.165) is 12.2 Å². The average molecular weight is 182 g/mol. The van der Waals surface area contributed by atoms with Crippen LogP contribution in [0.15, 0.2) is 16.5 Å². The van der Waals surface area contributed by atoms with Crippen molar-refractivity contribution in [3.63, 3.8) is 0 Å². The van der Waals surface area contributed by atoms with Gasteiger partial charge in [-0.1, -0.05) is 6.92 Å². The molecule has 0 aliphatic rings. The van der Waals surface area contributed by atoms with Gasteiger partial charge in [-0.2, -0.15) is 0 Å². The number of carbonyl (C=O) groups is 1. The number of hydrogen-bond acceptors (Lipinski definition) is 3. The van der Waals surface area contributed by atoms with E-state index >= 15 is 0 Å². The highest BCUT2D eigenvalue weighted by molar-refractivity contribution is 5.91. The van der Waals surface area contributed by atoms with Gasteiger partial charge in [0.15, 0.2) is 5.76 Å². The Labute approximate surface area is 77.1 Å². The van der Waals surface area contributed by atoms with E-state index in [-0.39, 0.29) is 5.91 Å². The van der Waals surface area contributed by atoms with Crippen molar-refractivity contribution in [2.45, 2.75) is 13.3 Å². The van der Waals surface area contributed by atoms with Crippen molar-refractivity contribution in [2.24, 2.45) is 5.73 Å². The predicted octanol–water partition coefficient (Wildman–Crippen LogP) is 0.531. The number of furan rings is 1. The first kappa shape index (κ1) is 9.80. The van der Waals surface area contributed by atoms with Gasteiger partial charge in [-0.3, -0.25) is 4.79 Å². The molecule has 0 spiro atoms. The first-order valence-electron chi connectivity index (χ1n) is 4.35. The van der Waals surface area contributed by atoms with E-state index in [9.17, 15) is 4.79 Å². The molecular formula is C9H14N2O2. The van der Waals surface area contributed by atoms with Crippen LogP contribution in [-0.2, 0) is 6.42 Å². The standard InChI is InChI=1S/C9H14N2O2/c1-2-7-3-4-8(13-7)9(12)11-6-5-10/h3-4H,2,5-6,10H2,1H3,(H,11,12). The molecule has 1 heterocycles. The Morgan fingerprint density at radius 3 is 2.92 bits per heavy atom. The molecule has 4 nitrogen and oxygen atoms in total. The fourth-order valence-electron chi connectivity index (χ4n) is 0.963. The third-order valence-corrected chi connectivity index (χ3v) is 1.66. The van der Waals surface area contributed by atoms with Crippen molar-refractivity contribution >= 4 is 5.91 Å². The van der Waals surface area contributed by atoms with E-state index < -0.39 is 0 Å². The summed E-state index contributed by atoms with van der Waals surface area (Å²) in [5, 5.41) is 2.63. The van der Waals surface area contributed by atoms with Crippen molar-refractivity contribution in [1.82, 2.24) is 5.32 Å². The maximum Gasteiger partial charge on any atom is 0.287 e. The molecule has 0 aliphatic heterocycles. The molecule has 3 N–H and O–H groups in total. The van der Waals surface area contributed by atoms with E-state index in [1.54, 1.807) is 12.1 Å². The van der Waals surface area contributed by atoms with Crippen LogP contribution in [0.25, 0.3) is 0 Å². The number of nitrogens with one attached hydrogen (secondary N) is 1. The summed E-state index contributed by atoms with van der Waals surface area (Å²) >= 11 is 0.